The molecule has 0 aliphatic rings. The van der Waals surface area contributed by atoms with Crippen LogP contribution in [0.5, 0.6) is 5.88 Å². The number of methoxy groups -OCH3 is 1. The highest BCUT2D eigenvalue weighted by Crippen LogP contribution is 2.30. The van der Waals surface area contributed by atoms with Gasteiger partial charge in [0, 0.05) is 6.20 Å². The fourth-order valence-electron chi connectivity index (χ4n) is 1.17. The van der Waals surface area contributed by atoms with Crippen LogP contribution in [0.2, 0.25) is 0 Å². The van der Waals surface area contributed by atoms with Gasteiger partial charge < -0.3 is 15.2 Å². The number of pyridine rings is 1. The molecule has 94 valence electrons. The van der Waals surface area contributed by atoms with E-state index in [1.807, 2.05) is 0 Å². The molecule has 0 spiro atoms. The van der Waals surface area contributed by atoms with Crippen LogP contribution < -0.4 is 10.5 Å². The Labute approximate surface area is 108 Å². The van der Waals surface area contributed by atoms with Gasteiger partial charge in [0.25, 0.3) is 0 Å². The third-order valence-corrected chi connectivity index (χ3v) is 2.46. The number of anilines is 1. The second-order valence-corrected chi connectivity index (χ2v) is 5.26. The lowest BCUT2D eigenvalue weighted by atomic mass is 10.1. The van der Waals surface area contributed by atoms with Crippen molar-refractivity contribution in [2.24, 2.45) is 0 Å². The van der Waals surface area contributed by atoms with Gasteiger partial charge in [-0.25, -0.2) is 9.78 Å². The first-order chi connectivity index (χ1) is 7.76. The standard InChI is InChI=1S/C11H15BrN2O3/c1-11(2,3)17-10(15)7-8(13)6(12)5-14-9(7)16-4/h5H,1-4H3,(H2,13,14). The van der Waals surface area contributed by atoms with Gasteiger partial charge in [-0.15, -0.1) is 0 Å². The number of hydrogen-bond donors (Lipinski definition) is 1. The van der Waals surface area contributed by atoms with Crippen LogP contribution in [0.1, 0.15) is 31.1 Å². The van der Waals surface area contributed by atoms with E-state index in [0.29, 0.717) is 4.47 Å². The Kier molecular flexibility index (Phi) is 3.98. The average molecular weight is 303 g/mol. The summed E-state index contributed by atoms with van der Waals surface area (Å²) in [6.07, 6.45) is 1.47. The number of rotatable bonds is 2. The highest BCUT2D eigenvalue weighted by atomic mass is 79.9. The molecule has 1 heterocycles. The van der Waals surface area contributed by atoms with E-state index in [-0.39, 0.29) is 17.1 Å². The number of halogens is 1. The maximum Gasteiger partial charge on any atom is 0.346 e. The number of hydrogen-bond acceptors (Lipinski definition) is 5. The maximum atomic E-state index is 12.0. The molecule has 0 aliphatic carbocycles. The summed E-state index contributed by atoms with van der Waals surface area (Å²) in [6, 6.07) is 0. The largest absolute Gasteiger partial charge is 0.480 e. The Hall–Kier alpha value is -1.30. The number of ether oxygens (including phenoxy) is 2. The van der Waals surface area contributed by atoms with Gasteiger partial charge in [0.1, 0.15) is 11.2 Å². The molecule has 0 atom stereocenters. The summed E-state index contributed by atoms with van der Waals surface area (Å²) in [5.41, 5.74) is 5.60. The molecule has 6 heteroatoms. The molecule has 0 aliphatic heterocycles. The van der Waals surface area contributed by atoms with Gasteiger partial charge in [0.05, 0.1) is 17.3 Å². The molecule has 5 nitrogen and oxygen atoms in total. The van der Waals surface area contributed by atoms with Crippen LogP contribution in [-0.4, -0.2) is 23.7 Å². The number of esters is 1. The maximum absolute atomic E-state index is 12.0. The highest BCUT2D eigenvalue weighted by molar-refractivity contribution is 9.10. The second kappa shape index (κ2) is 4.91. The number of aromatic nitrogens is 1. The van der Waals surface area contributed by atoms with E-state index < -0.39 is 11.6 Å². The molecule has 1 aromatic heterocycles. The van der Waals surface area contributed by atoms with Crippen LogP contribution in [0.4, 0.5) is 5.69 Å². The molecule has 1 aromatic rings. The topological polar surface area (TPSA) is 74.4 Å². The SMILES string of the molecule is COc1ncc(Br)c(N)c1C(=O)OC(C)(C)C. The van der Waals surface area contributed by atoms with Crippen LogP contribution in [0.3, 0.4) is 0 Å². The first-order valence-corrected chi connectivity index (χ1v) is 5.77. The van der Waals surface area contributed by atoms with Gasteiger partial charge in [-0.05, 0) is 36.7 Å². The molecular weight excluding hydrogens is 288 g/mol. The minimum atomic E-state index is -0.600. The molecule has 0 aromatic carbocycles. The van der Waals surface area contributed by atoms with E-state index in [1.165, 1.54) is 13.3 Å². The van der Waals surface area contributed by atoms with E-state index in [1.54, 1.807) is 20.8 Å². The third-order valence-electron chi connectivity index (χ3n) is 1.83. The van der Waals surface area contributed by atoms with Crippen molar-refractivity contribution in [3.8, 4) is 5.88 Å². The zero-order valence-electron chi connectivity index (χ0n) is 10.2. The van der Waals surface area contributed by atoms with E-state index >= 15 is 0 Å². The van der Waals surface area contributed by atoms with E-state index in [2.05, 4.69) is 20.9 Å². The number of nitrogens with zero attached hydrogens (tertiary/aromatic N) is 1. The molecule has 0 amide bonds. The van der Waals surface area contributed by atoms with Gasteiger partial charge in [0.15, 0.2) is 0 Å². The summed E-state index contributed by atoms with van der Waals surface area (Å²) >= 11 is 3.21. The molecule has 0 unspecified atom stereocenters. The summed E-state index contributed by atoms with van der Waals surface area (Å²) < 4.78 is 10.8. The number of nitrogens with two attached hydrogens (primary N) is 1. The summed E-state index contributed by atoms with van der Waals surface area (Å²) in [6.45, 7) is 5.33. The summed E-state index contributed by atoms with van der Waals surface area (Å²) in [4.78, 5) is 15.9. The van der Waals surface area contributed by atoms with Crippen molar-refractivity contribution in [1.29, 1.82) is 0 Å². The zero-order valence-corrected chi connectivity index (χ0v) is 11.8. The van der Waals surface area contributed by atoms with Gasteiger partial charge in [-0.3, -0.25) is 0 Å². The summed E-state index contributed by atoms with van der Waals surface area (Å²) in [5.74, 6) is -0.402. The highest BCUT2D eigenvalue weighted by Gasteiger charge is 2.25. The van der Waals surface area contributed by atoms with Crippen LogP contribution in [-0.2, 0) is 4.74 Å². The number of nitrogen functional groups attached to an aromatic ring is 1. The lowest BCUT2D eigenvalue weighted by Gasteiger charge is -2.20. The van der Waals surface area contributed by atoms with Crippen molar-refractivity contribution in [3.05, 3.63) is 16.2 Å². The van der Waals surface area contributed by atoms with Crippen molar-refractivity contribution in [1.82, 2.24) is 4.98 Å². The average Bonchev–Trinajstić information content (AvgIpc) is 2.19. The lowest BCUT2D eigenvalue weighted by Crippen LogP contribution is -2.25. The molecule has 0 saturated carbocycles. The van der Waals surface area contributed by atoms with Crippen molar-refractivity contribution in [3.63, 3.8) is 0 Å². The monoisotopic (exact) mass is 302 g/mol. The quantitative estimate of drug-likeness (QED) is 0.849. The molecule has 0 bridgehead atoms. The van der Waals surface area contributed by atoms with Crippen molar-refractivity contribution < 1.29 is 14.3 Å². The predicted molar refractivity (Wildman–Crippen MR) is 68.1 cm³/mol. The van der Waals surface area contributed by atoms with Crippen molar-refractivity contribution in [2.75, 3.05) is 12.8 Å². The fourth-order valence-corrected chi connectivity index (χ4v) is 1.47. The van der Waals surface area contributed by atoms with Gasteiger partial charge >= 0.3 is 5.97 Å². The Morgan fingerprint density at radius 3 is 2.53 bits per heavy atom. The number of carbonyl (C=O) groups excluding carboxylic acids is 1. The van der Waals surface area contributed by atoms with Crippen LogP contribution in [0.15, 0.2) is 10.7 Å². The molecule has 17 heavy (non-hydrogen) atoms. The van der Waals surface area contributed by atoms with E-state index in [9.17, 15) is 4.79 Å². The predicted octanol–water partition coefficient (Wildman–Crippen LogP) is 2.39. The Morgan fingerprint density at radius 1 is 1.47 bits per heavy atom. The van der Waals surface area contributed by atoms with Crippen LogP contribution in [0, 0.1) is 0 Å². The summed E-state index contributed by atoms with van der Waals surface area (Å²) in [5, 5.41) is 0. The minimum absolute atomic E-state index is 0.136. The van der Waals surface area contributed by atoms with Crippen molar-refractivity contribution in [2.45, 2.75) is 26.4 Å². The van der Waals surface area contributed by atoms with Gasteiger partial charge in [-0.1, -0.05) is 0 Å². The van der Waals surface area contributed by atoms with Crippen LogP contribution in [0.25, 0.3) is 0 Å². The fraction of sp³-hybridized carbons (Fsp3) is 0.455. The Balaban J connectivity index is 3.20. The Bertz CT molecular complexity index is 441. The molecule has 0 fully saturated rings. The lowest BCUT2D eigenvalue weighted by molar-refractivity contribution is 0.00670. The van der Waals surface area contributed by atoms with Gasteiger partial charge in [0.2, 0.25) is 5.88 Å². The molecular formula is C11H15BrN2O3. The van der Waals surface area contributed by atoms with Crippen LogP contribution >= 0.6 is 15.9 Å². The second-order valence-electron chi connectivity index (χ2n) is 4.41. The molecule has 2 N–H and O–H groups in total. The summed E-state index contributed by atoms with van der Waals surface area (Å²) in [7, 11) is 1.42. The third kappa shape index (κ3) is 3.33. The number of carbonyl (C=O) groups is 1. The first-order valence-electron chi connectivity index (χ1n) is 4.97. The minimum Gasteiger partial charge on any atom is -0.480 e. The first kappa shape index (κ1) is 13.8. The smallest absolute Gasteiger partial charge is 0.346 e. The molecule has 0 saturated heterocycles. The Morgan fingerprint density at radius 2 is 2.06 bits per heavy atom. The van der Waals surface area contributed by atoms with E-state index in [4.69, 9.17) is 15.2 Å². The normalized spacial score (nSPS) is 11.1. The van der Waals surface area contributed by atoms with E-state index in [0.717, 1.165) is 0 Å². The van der Waals surface area contributed by atoms with Gasteiger partial charge in [-0.2, -0.15) is 0 Å². The zero-order chi connectivity index (χ0) is 13.2. The molecule has 1 rings (SSSR count). The molecule has 0 radical (unpaired) electrons. The van der Waals surface area contributed by atoms with Crippen molar-refractivity contribution >= 4 is 27.6 Å².